The molecular formula is C9H13N3O4. The van der Waals surface area contributed by atoms with E-state index in [1.165, 1.54) is 6.92 Å². The van der Waals surface area contributed by atoms with Crippen molar-refractivity contribution < 1.29 is 19.2 Å². The van der Waals surface area contributed by atoms with Gasteiger partial charge in [-0.3, -0.25) is 4.79 Å². The van der Waals surface area contributed by atoms with Crippen molar-refractivity contribution in [1.82, 2.24) is 15.8 Å². The average molecular weight is 227 g/mol. The summed E-state index contributed by atoms with van der Waals surface area (Å²) >= 11 is 0. The molecule has 0 spiro atoms. The smallest absolute Gasteiger partial charge is 0.325 e. The molecule has 1 aromatic rings. The molecule has 0 aromatic carbocycles. The maximum atomic E-state index is 11.2. The largest absolute Gasteiger partial charge is 0.480 e. The first-order valence-electron chi connectivity index (χ1n) is 4.68. The number of carboxylic acid groups (broad SMARTS) is 1. The van der Waals surface area contributed by atoms with Gasteiger partial charge in [-0.15, -0.1) is 0 Å². The van der Waals surface area contributed by atoms with Crippen LogP contribution in [0.2, 0.25) is 0 Å². The molecule has 0 bridgehead atoms. The third-order valence-electron chi connectivity index (χ3n) is 1.82. The van der Waals surface area contributed by atoms with Crippen molar-refractivity contribution in [2.24, 2.45) is 0 Å². The lowest BCUT2D eigenvalue weighted by Crippen LogP contribution is -2.44. The van der Waals surface area contributed by atoms with Crippen LogP contribution in [0.3, 0.4) is 0 Å². The van der Waals surface area contributed by atoms with E-state index in [1.807, 2.05) is 0 Å². The summed E-state index contributed by atoms with van der Waals surface area (Å²) < 4.78 is 4.86. The predicted octanol–water partition coefficient (Wildman–Crippen LogP) is 0.255. The first kappa shape index (κ1) is 12.0. The monoisotopic (exact) mass is 227 g/mol. The van der Waals surface area contributed by atoms with Gasteiger partial charge in [0.25, 0.3) is 0 Å². The second-order valence-electron chi connectivity index (χ2n) is 3.32. The van der Waals surface area contributed by atoms with Crippen LogP contribution in [0.1, 0.15) is 18.4 Å². The summed E-state index contributed by atoms with van der Waals surface area (Å²) in [6.45, 7) is 3.30. The number of rotatable bonds is 4. The van der Waals surface area contributed by atoms with Crippen molar-refractivity contribution in [3.63, 3.8) is 0 Å². The van der Waals surface area contributed by atoms with E-state index in [2.05, 4.69) is 15.8 Å². The fourth-order valence-electron chi connectivity index (χ4n) is 0.976. The van der Waals surface area contributed by atoms with Crippen LogP contribution in [0, 0.1) is 6.92 Å². The SMILES string of the molecule is Cc1cc(CNC(=O)N[C@@H](C)C(=O)O)on1. The van der Waals surface area contributed by atoms with Crippen LogP contribution in [0.15, 0.2) is 10.6 Å². The summed E-state index contributed by atoms with van der Waals surface area (Å²) in [6, 6.07) is 0.182. The fraction of sp³-hybridized carbons (Fsp3) is 0.444. The normalized spacial score (nSPS) is 11.9. The minimum absolute atomic E-state index is 0.166. The van der Waals surface area contributed by atoms with E-state index in [4.69, 9.17) is 9.63 Å². The van der Waals surface area contributed by atoms with E-state index in [-0.39, 0.29) is 6.54 Å². The lowest BCUT2D eigenvalue weighted by atomic mass is 10.3. The van der Waals surface area contributed by atoms with Crippen molar-refractivity contribution >= 4 is 12.0 Å². The van der Waals surface area contributed by atoms with Gasteiger partial charge in [0.05, 0.1) is 12.2 Å². The first-order chi connectivity index (χ1) is 7.49. The minimum Gasteiger partial charge on any atom is -0.480 e. The zero-order chi connectivity index (χ0) is 12.1. The summed E-state index contributed by atoms with van der Waals surface area (Å²) in [6.07, 6.45) is 0. The standard InChI is InChI=1S/C9H13N3O4/c1-5-3-7(16-12-5)4-10-9(15)11-6(2)8(13)14/h3,6H,4H2,1-2H3,(H,13,14)(H2,10,11,15)/t6-/m0/s1. The number of carboxylic acids is 1. The minimum atomic E-state index is -1.09. The molecule has 1 rings (SSSR count). The number of hydrogen-bond donors (Lipinski definition) is 3. The highest BCUT2D eigenvalue weighted by atomic mass is 16.5. The Morgan fingerprint density at radius 2 is 2.31 bits per heavy atom. The van der Waals surface area contributed by atoms with Gasteiger partial charge in [0, 0.05) is 6.07 Å². The molecule has 0 aliphatic heterocycles. The van der Waals surface area contributed by atoms with Gasteiger partial charge >= 0.3 is 12.0 Å². The Kier molecular flexibility index (Phi) is 3.87. The topological polar surface area (TPSA) is 104 Å². The summed E-state index contributed by atoms with van der Waals surface area (Å²) in [5.74, 6) is -0.582. The van der Waals surface area contributed by atoms with E-state index in [1.54, 1.807) is 13.0 Å². The van der Waals surface area contributed by atoms with E-state index < -0.39 is 18.0 Å². The molecule has 7 nitrogen and oxygen atoms in total. The van der Waals surface area contributed by atoms with E-state index in [9.17, 15) is 9.59 Å². The molecule has 1 heterocycles. The van der Waals surface area contributed by atoms with Crippen LogP contribution in [0.4, 0.5) is 4.79 Å². The summed E-state index contributed by atoms with van der Waals surface area (Å²) in [5.41, 5.74) is 0.719. The van der Waals surface area contributed by atoms with Crippen LogP contribution >= 0.6 is 0 Å². The lowest BCUT2D eigenvalue weighted by molar-refractivity contribution is -0.138. The fourth-order valence-corrected chi connectivity index (χ4v) is 0.976. The third kappa shape index (κ3) is 3.60. The zero-order valence-corrected chi connectivity index (χ0v) is 8.98. The van der Waals surface area contributed by atoms with Gasteiger partial charge in [-0.25, -0.2) is 4.79 Å². The molecule has 3 N–H and O–H groups in total. The predicted molar refractivity (Wildman–Crippen MR) is 53.7 cm³/mol. The molecule has 0 unspecified atom stereocenters. The summed E-state index contributed by atoms with van der Waals surface area (Å²) in [4.78, 5) is 21.6. The van der Waals surface area contributed by atoms with Crippen molar-refractivity contribution in [2.45, 2.75) is 26.4 Å². The highest BCUT2D eigenvalue weighted by molar-refractivity contribution is 5.82. The van der Waals surface area contributed by atoms with Gasteiger partial charge in [-0.1, -0.05) is 5.16 Å². The molecule has 0 fully saturated rings. The molecule has 88 valence electrons. The van der Waals surface area contributed by atoms with Crippen molar-refractivity contribution in [2.75, 3.05) is 0 Å². The first-order valence-corrected chi connectivity index (χ1v) is 4.68. The number of aliphatic carboxylic acids is 1. The number of nitrogens with zero attached hydrogens (tertiary/aromatic N) is 1. The summed E-state index contributed by atoms with van der Waals surface area (Å²) in [7, 11) is 0. The second-order valence-corrected chi connectivity index (χ2v) is 3.32. The number of carbonyl (C=O) groups excluding carboxylic acids is 1. The van der Waals surface area contributed by atoms with Crippen LogP contribution in [0.25, 0.3) is 0 Å². The van der Waals surface area contributed by atoms with Gasteiger partial charge < -0.3 is 20.3 Å². The van der Waals surface area contributed by atoms with Gasteiger partial charge in [0.1, 0.15) is 6.04 Å². The molecule has 0 aliphatic carbocycles. The molecule has 0 radical (unpaired) electrons. The van der Waals surface area contributed by atoms with E-state index in [0.717, 1.165) is 5.69 Å². The van der Waals surface area contributed by atoms with Gasteiger partial charge in [0.15, 0.2) is 5.76 Å². The van der Waals surface area contributed by atoms with Crippen LogP contribution in [0.5, 0.6) is 0 Å². The van der Waals surface area contributed by atoms with E-state index >= 15 is 0 Å². The molecule has 0 saturated heterocycles. The molecule has 7 heteroatoms. The van der Waals surface area contributed by atoms with Crippen molar-refractivity contribution in [3.05, 3.63) is 17.5 Å². The number of aromatic nitrogens is 1. The quantitative estimate of drug-likeness (QED) is 0.684. The van der Waals surface area contributed by atoms with Crippen LogP contribution in [-0.2, 0) is 11.3 Å². The lowest BCUT2D eigenvalue weighted by Gasteiger charge is -2.09. The average Bonchev–Trinajstić information content (AvgIpc) is 2.61. The Morgan fingerprint density at radius 1 is 1.62 bits per heavy atom. The molecule has 1 aromatic heterocycles. The highest BCUT2D eigenvalue weighted by Crippen LogP contribution is 2.00. The van der Waals surface area contributed by atoms with E-state index in [0.29, 0.717) is 5.76 Å². The highest BCUT2D eigenvalue weighted by Gasteiger charge is 2.13. The van der Waals surface area contributed by atoms with Gasteiger partial charge in [-0.2, -0.15) is 0 Å². The Morgan fingerprint density at radius 3 is 2.81 bits per heavy atom. The molecule has 0 saturated carbocycles. The Balaban J connectivity index is 2.33. The number of nitrogens with one attached hydrogen (secondary N) is 2. The Bertz CT molecular complexity index is 388. The molecular weight excluding hydrogens is 214 g/mol. The maximum Gasteiger partial charge on any atom is 0.325 e. The molecule has 0 aliphatic rings. The molecule has 1 atom stereocenters. The number of carbonyl (C=O) groups is 2. The van der Waals surface area contributed by atoms with Crippen LogP contribution < -0.4 is 10.6 Å². The number of hydrogen-bond acceptors (Lipinski definition) is 4. The van der Waals surface area contributed by atoms with Crippen molar-refractivity contribution in [1.29, 1.82) is 0 Å². The van der Waals surface area contributed by atoms with Gasteiger partial charge in [0.2, 0.25) is 0 Å². The van der Waals surface area contributed by atoms with Gasteiger partial charge in [-0.05, 0) is 13.8 Å². The Labute approximate surface area is 91.8 Å². The zero-order valence-electron chi connectivity index (χ0n) is 8.98. The van der Waals surface area contributed by atoms with Crippen molar-refractivity contribution in [3.8, 4) is 0 Å². The third-order valence-corrected chi connectivity index (χ3v) is 1.82. The Hall–Kier alpha value is -2.05. The number of amides is 2. The molecule has 16 heavy (non-hydrogen) atoms. The van der Waals surface area contributed by atoms with Crippen LogP contribution in [-0.4, -0.2) is 28.3 Å². The second kappa shape index (κ2) is 5.15. The number of aryl methyl sites for hydroxylation is 1. The summed E-state index contributed by atoms with van der Waals surface area (Å²) in [5, 5.41) is 16.9. The maximum absolute atomic E-state index is 11.2. The number of urea groups is 1. The molecule has 2 amide bonds.